The summed E-state index contributed by atoms with van der Waals surface area (Å²) in [6, 6.07) is 0.700. The highest BCUT2D eigenvalue weighted by molar-refractivity contribution is 9.66. The van der Waals surface area contributed by atoms with Gasteiger partial charge in [0.05, 0.1) is 14.8 Å². The van der Waals surface area contributed by atoms with Crippen molar-refractivity contribution in [2.75, 3.05) is 76.0 Å². The van der Waals surface area contributed by atoms with E-state index < -0.39 is 53.8 Å². The number of rotatable bonds is 34. The van der Waals surface area contributed by atoms with E-state index in [0.29, 0.717) is 76.3 Å². The van der Waals surface area contributed by atoms with Crippen molar-refractivity contribution >= 4 is 146 Å². The van der Waals surface area contributed by atoms with Gasteiger partial charge in [0, 0.05) is 76.0 Å². The third-order valence-electron chi connectivity index (χ3n) is 9.00. The lowest BCUT2D eigenvalue weighted by Gasteiger charge is -2.62. The molecule has 0 aromatic heterocycles. The summed E-state index contributed by atoms with van der Waals surface area (Å²) in [5.74, 6) is 0.772. The molecule has 3 unspecified atom stereocenters. The maximum absolute atomic E-state index is 6.92. The first-order valence-corrected chi connectivity index (χ1v) is 42.4. The van der Waals surface area contributed by atoms with E-state index in [1.165, 1.54) is 29.1 Å². The summed E-state index contributed by atoms with van der Waals surface area (Å²) >= 11 is 21.3. The summed E-state index contributed by atoms with van der Waals surface area (Å²) in [6.45, 7) is 30.0. The van der Waals surface area contributed by atoms with Crippen molar-refractivity contribution in [2.24, 2.45) is 0 Å². The molecule has 0 radical (unpaired) electrons. The highest BCUT2D eigenvalue weighted by Crippen LogP contribution is 2.96. The molecule has 0 N–H and O–H groups in total. The number of hydrogen-bond acceptors (Lipinski definition) is 18. The standard InChI is InChI=1S/C32H76O9S12Si3/c1-13-33-54(21-9,34-14-2)41-27-28-52(46-32(12)25-23-22-24-26-32,49-50-53(45,48-43)30-56(38-18-6,39-19-7)40-20-8)31(10,11)51(44,47-42)29-55(35-15-3,36-16-4)37-17-5/h42-45H,13-30H2,1-12H3. The average molecular weight is 1070 g/mol. The van der Waals surface area contributed by atoms with Crippen LogP contribution in [-0.2, 0) is 39.8 Å². The molecule has 1 rings (SSSR count). The number of thiol groups is 4. The zero-order valence-electron chi connectivity index (χ0n) is 36.0. The molecule has 0 aromatic carbocycles. The molecule has 1 aliphatic rings. The monoisotopic (exact) mass is 1070 g/mol. The smallest absolute Gasteiger partial charge is 0.374 e. The largest absolute Gasteiger partial charge is 0.512 e. The Labute approximate surface area is 388 Å². The molecule has 0 heterocycles. The van der Waals surface area contributed by atoms with E-state index in [9.17, 15) is 0 Å². The highest BCUT2D eigenvalue weighted by atomic mass is 34.1. The first-order chi connectivity index (χ1) is 26.4. The van der Waals surface area contributed by atoms with Gasteiger partial charge in [-0.25, -0.2) is 0 Å². The Hall–Kier alpha value is 4.49. The van der Waals surface area contributed by atoms with Crippen LogP contribution in [0.4, 0.5) is 0 Å². The molecule has 0 aliphatic heterocycles. The minimum Gasteiger partial charge on any atom is -0.374 e. The van der Waals surface area contributed by atoms with Crippen LogP contribution in [0.2, 0.25) is 6.04 Å². The zero-order valence-corrected chi connectivity index (χ0v) is 49.1. The van der Waals surface area contributed by atoms with Crippen LogP contribution >= 0.6 is 120 Å². The third-order valence-corrected chi connectivity index (χ3v) is 68.3. The van der Waals surface area contributed by atoms with E-state index in [2.05, 4.69) is 38.5 Å². The highest BCUT2D eigenvalue weighted by Gasteiger charge is 2.60. The van der Waals surface area contributed by atoms with E-state index in [1.54, 1.807) is 9.83 Å². The van der Waals surface area contributed by atoms with Crippen molar-refractivity contribution in [3.8, 4) is 0 Å². The van der Waals surface area contributed by atoms with Gasteiger partial charge in [0.15, 0.2) is 0 Å². The van der Waals surface area contributed by atoms with Crippen molar-refractivity contribution in [2.45, 2.75) is 130 Å². The molecule has 56 heavy (non-hydrogen) atoms. The molecule has 9 nitrogen and oxygen atoms in total. The van der Waals surface area contributed by atoms with E-state index in [-0.39, 0.29) is 4.75 Å². The average Bonchev–Trinajstić information content (AvgIpc) is 3.14. The van der Waals surface area contributed by atoms with Crippen LogP contribution in [0.3, 0.4) is 0 Å². The van der Waals surface area contributed by atoms with E-state index in [4.69, 9.17) is 86.5 Å². The van der Waals surface area contributed by atoms with E-state index >= 15 is 0 Å². The molecule has 1 saturated carbocycles. The van der Waals surface area contributed by atoms with Crippen LogP contribution in [0.15, 0.2) is 0 Å². The van der Waals surface area contributed by atoms with Gasteiger partial charge in [-0.3, -0.25) is 0 Å². The molecular formula is C32H76O9S12Si3. The molecule has 0 aromatic rings. The lowest BCUT2D eigenvalue weighted by molar-refractivity contribution is 0.0731. The van der Waals surface area contributed by atoms with Gasteiger partial charge in [0.25, 0.3) is 0 Å². The Morgan fingerprint density at radius 3 is 1.36 bits per heavy atom. The predicted octanol–water partition coefficient (Wildman–Crippen LogP) is 13.6. The lowest BCUT2D eigenvalue weighted by Crippen LogP contribution is -2.53. The second-order valence-corrected chi connectivity index (χ2v) is 54.2. The second-order valence-electron chi connectivity index (χ2n) is 13.3. The van der Waals surface area contributed by atoms with Gasteiger partial charge in [0.1, 0.15) is 0 Å². The van der Waals surface area contributed by atoms with Gasteiger partial charge in [-0.2, -0.15) is 0 Å². The second kappa shape index (κ2) is 28.5. The van der Waals surface area contributed by atoms with Crippen LogP contribution in [-0.4, -0.2) is 111 Å². The molecule has 342 valence electrons. The van der Waals surface area contributed by atoms with E-state index in [0.717, 1.165) is 18.6 Å². The molecule has 0 saturated heterocycles. The maximum atomic E-state index is 6.92. The SMILES string of the molecule is CCO[Si](CC)(OCC)OCCS(SSS(S)(C[Si](OCC)(OCC)OCC)SS)(SC1(C)CCCCC1)C(C)(C)S(S)(C[Si](OCC)(OCC)OCC)SS. The molecular weight excluding hydrogens is 997 g/mol. The van der Waals surface area contributed by atoms with Crippen LogP contribution in [0, 0.1) is 0 Å². The first-order valence-electron chi connectivity index (χ1n) is 19.8. The van der Waals surface area contributed by atoms with Crippen molar-refractivity contribution < 1.29 is 39.8 Å². The molecule has 0 spiro atoms. The molecule has 3 atom stereocenters. The minimum absolute atomic E-state index is 0.0460. The fourth-order valence-electron chi connectivity index (χ4n) is 6.33. The van der Waals surface area contributed by atoms with Crippen LogP contribution in [0.1, 0.15) is 115 Å². The van der Waals surface area contributed by atoms with Crippen molar-refractivity contribution in [3.05, 3.63) is 0 Å². The van der Waals surface area contributed by atoms with Crippen LogP contribution < -0.4 is 0 Å². The topological polar surface area (TPSA) is 83.1 Å². The summed E-state index contributed by atoms with van der Waals surface area (Å²) in [6.07, 6.45) is 5.98. The summed E-state index contributed by atoms with van der Waals surface area (Å²) in [4.78, 5) is 0. The molecule has 0 amide bonds. The molecule has 1 fully saturated rings. The van der Waals surface area contributed by atoms with Gasteiger partial charge in [-0.05, 0) is 128 Å². The minimum atomic E-state index is -3.18. The van der Waals surface area contributed by atoms with Crippen LogP contribution in [0.5, 0.6) is 0 Å². The van der Waals surface area contributed by atoms with Gasteiger partial charge >= 0.3 is 26.4 Å². The van der Waals surface area contributed by atoms with Crippen molar-refractivity contribution in [3.63, 3.8) is 0 Å². The molecule has 1 aliphatic carbocycles. The van der Waals surface area contributed by atoms with Crippen molar-refractivity contribution in [1.82, 2.24) is 0 Å². The van der Waals surface area contributed by atoms with Crippen LogP contribution in [0.25, 0.3) is 0 Å². The fourth-order valence-corrected chi connectivity index (χ4v) is 71.5. The Balaban J connectivity index is 4.15. The maximum Gasteiger partial charge on any atom is 0.512 e. The van der Waals surface area contributed by atoms with Gasteiger partial charge < -0.3 is 39.8 Å². The van der Waals surface area contributed by atoms with Gasteiger partial charge in [-0.15, -0.1) is 51.2 Å². The first kappa shape index (κ1) is 58.5. The van der Waals surface area contributed by atoms with Gasteiger partial charge in [-0.1, -0.05) is 55.8 Å². The summed E-state index contributed by atoms with van der Waals surface area (Å²) in [7, 11) is -5.94. The third kappa shape index (κ3) is 17.0. The predicted molar refractivity (Wildman–Crippen MR) is 284 cm³/mol. The Morgan fingerprint density at radius 2 is 0.982 bits per heavy atom. The molecule has 0 bridgehead atoms. The Morgan fingerprint density at radius 1 is 0.571 bits per heavy atom. The summed E-state index contributed by atoms with van der Waals surface area (Å²) in [5, 5.41) is 1.10. The summed E-state index contributed by atoms with van der Waals surface area (Å²) < 4.78 is 58.0. The van der Waals surface area contributed by atoms with Gasteiger partial charge in [0.2, 0.25) is 0 Å². The number of hydrogen-bond donors (Lipinski definition) is 4. The lowest BCUT2D eigenvalue weighted by atomic mass is 9.90. The van der Waals surface area contributed by atoms with Crippen molar-refractivity contribution in [1.29, 1.82) is 0 Å². The fraction of sp³-hybridized carbons (Fsp3) is 1.00. The zero-order chi connectivity index (χ0) is 42.6. The summed E-state index contributed by atoms with van der Waals surface area (Å²) in [5.41, 5.74) is 0. The quantitative estimate of drug-likeness (QED) is 0.0280. The normalized spacial score (nSPS) is 20.8. The Kier molecular flexibility index (Phi) is 29.8. The molecule has 24 heteroatoms. The Bertz CT molecular complexity index is 1040. The van der Waals surface area contributed by atoms with E-state index in [1.807, 2.05) is 75.0 Å².